The zero-order valence-corrected chi connectivity index (χ0v) is 18.5. The van der Waals surface area contributed by atoms with Crippen molar-refractivity contribution in [3.05, 3.63) is 54.0 Å². The van der Waals surface area contributed by atoms with Gasteiger partial charge in [-0.25, -0.2) is 4.98 Å². The molecule has 0 radical (unpaired) electrons. The van der Waals surface area contributed by atoms with Crippen molar-refractivity contribution >= 4 is 17.1 Å². The van der Waals surface area contributed by atoms with E-state index in [4.69, 9.17) is 9.15 Å². The Morgan fingerprint density at radius 3 is 2.35 bits per heavy atom. The lowest BCUT2D eigenvalue weighted by Crippen LogP contribution is -2.39. The van der Waals surface area contributed by atoms with Crippen molar-refractivity contribution in [3.63, 3.8) is 0 Å². The Morgan fingerprint density at radius 2 is 1.76 bits per heavy atom. The largest absolute Gasteiger partial charge is 0.496 e. The number of rotatable bonds is 5. The minimum atomic E-state index is -4.58. The number of fused-ring (bicyclic) bond motifs is 1. The number of hydrogen-bond donors (Lipinski definition) is 0. The molecule has 0 spiro atoms. The normalized spacial score (nSPS) is 16.2. The molecule has 2 aromatic carbocycles. The van der Waals surface area contributed by atoms with Crippen LogP contribution in [0.4, 0.5) is 43.4 Å². The highest BCUT2D eigenvalue weighted by Gasteiger charge is 2.40. The molecule has 11 heteroatoms. The molecule has 5 nitrogen and oxygen atoms in total. The summed E-state index contributed by atoms with van der Waals surface area (Å²) in [5, 5.41) is 0. The van der Waals surface area contributed by atoms with E-state index in [0.29, 0.717) is 34.1 Å². The monoisotopic (exact) mass is 485 g/mol. The minimum absolute atomic E-state index is 0.191. The highest BCUT2D eigenvalue weighted by atomic mass is 19.4. The fraction of sp³-hybridized carbons (Fsp3) is 0.348. The van der Waals surface area contributed by atoms with Crippen molar-refractivity contribution in [2.24, 2.45) is 0 Å². The van der Waals surface area contributed by atoms with Crippen LogP contribution in [0.15, 0.2) is 47.2 Å². The number of hydrogen-bond acceptors (Lipinski definition) is 5. The van der Waals surface area contributed by atoms with Gasteiger partial charge in [0.05, 0.1) is 35.3 Å². The fourth-order valence-corrected chi connectivity index (χ4v) is 4.18. The molecule has 182 valence electrons. The van der Waals surface area contributed by atoms with E-state index in [1.807, 2.05) is 0 Å². The Hall–Kier alpha value is -3.37. The lowest BCUT2D eigenvalue weighted by Gasteiger charge is -2.31. The molecule has 1 aliphatic heterocycles. The van der Waals surface area contributed by atoms with Gasteiger partial charge in [-0.1, -0.05) is 0 Å². The van der Waals surface area contributed by atoms with Gasteiger partial charge in [-0.05, 0) is 43.7 Å². The van der Waals surface area contributed by atoms with Crippen LogP contribution >= 0.6 is 0 Å². The molecule has 1 unspecified atom stereocenters. The van der Waals surface area contributed by atoms with E-state index in [1.165, 1.54) is 31.5 Å². The molecule has 2 heterocycles. The Labute approximate surface area is 191 Å². The van der Waals surface area contributed by atoms with Gasteiger partial charge in [0.15, 0.2) is 12.2 Å². The van der Waals surface area contributed by atoms with E-state index < -0.39 is 30.5 Å². The fourth-order valence-electron chi connectivity index (χ4n) is 4.18. The number of alkyl halides is 6. The van der Waals surface area contributed by atoms with Gasteiger partial charge in [0.25, 0.3) is 0 Å². The van der Waals surface area contributed by atoms with Gasteiger partial charge >= 0.3 is 12.4 Å². The summed E-state index contributed by atoms with van der Waals surface area (Å²) in [6.07, 6.45) is -10.0. The topological polar surface area (TPSA) is 41.7 Å². The van der Waals surface area contributed by atoms with Crippen molar-refractivity contribution in [2.75, 3.05) is 24.0 Å². The van der Waals surface area contributed by atoms with Crippen LogP contribution in [0.2, 0.25) is 0 Å². The SMILES string of the molecule is COc1cc(N2c3ccc(C(F)(F)F)cc3N(C)C2CCC(F)(F)F)ccc1-c1ocnc1C. The van der Waals surface area contributed by atoms with Gasteiger partial charge in [0, 0.05) is 25.2 Å². The van der Waals surface area contributed by atoms with Crippen molar-refractivity contribution < 1.29 is 35.5 Å². The molecule has 0 bridgehead atoms. The van der Waals surface area contributed by atoms with Crippen LogP contribution in [-0.2, 0) is 6.18 Å². The number of ether oxygens (including phenoxy) is 1. The smallest absolute Gasteiger partial charge is 0.416 e. The number of halogens is 6. The molecule has 3 aromatic rings. The highest BCUT2D eigenvalue weighted by Crippen LogP contribution is 2.48. The first-order valence-corrected chi connectivity index (χ1v) is 10.3. The van der Waals surface area contributed by atoms with E-state index in [1.54, 1.807) is 30.0 Å². The van der Waals surface area contributed by atoms with Crippen LogP contribution in [-0.4, -0.2) is 31.5 Å². The molecule has 0 fully saturated rings. The summed E-state index contributed by atoms with van der Waals surface area (Å²) in [4.78, 5) is 7.10. The Kier molecular flexibility index (Phi) is 5.91. The molecule has 0 aliphatic carbocycles. The quantitative estimate of drug-likeness (QED) is 0.367. The molecular formula is C23H21F6N3O2. The molecule has 1 atom stereocenters. The molecule has 1 aromatic heterocycles. The third-order valence-electron chi connectivity index (χ3n) is 5.83. The summed E-state index contributed by atoms with van der Waals surface area (Å²) in [6.45, 7) is 1.75. The van der Waals surface area contributed by atoms with Crippen LogP contribution in [0, 0.1) is 6.92 Å². The van der Waals surface area contributed by atoms with Gasteiger partial charge in [-0.2, -0.15) is 26.3 Å². The maximum absolute atomic E-state index is 13.3. The number of aryl methyl sites for hydroxylation is 1. The predicted molar refractivity (Wildman–Crippen MR) is 114 cm³/mol. The number of oxazole rings is 1. The first kappa shape index (κ1) is 23.8. The third-order valence-corrected chi connectivity index (χ3v) is 5.83. The number of methoxy groups -OCH3 is 1. The van der Waals surface area contributed by atoms with Crippen molar-refractivity contribution in [3.8, 4) is 17.1 Å². The summed E-state index contributed by atoms with van der Waals surface area (Å²) in [6, 6.07) is 8.14. The van der Waals surface area contributed by atoms with Crippen LogP contribution in [0.1, 0.15) is 24.1 Å². The molecule has 0 saturated heterocycles. The summed E-state index contributed by atoms with van der Waals surface area (Å²) < 4.78 is 90.0. The van der Waals surface area contributed by atoms with E-state index in [9.17, 15) is 26.3 Å². The molecule has 0 N–H and O–H groups in total. The van der Waals surface area contributed by atoms with Crippen LogP contribution < -0.4 is 14.5 Å². The number of nitrogens with zero attached hydrogens (tertiary/aromatic N) is 3. The molecular weight excluding hydrogens is 464 g/mol. The summed E-state index contributed by atoms with van der Waals surface area (Å²) in [7, 11) is 2.93. The number of anilines is 3. The Bertz CT molecular complexity index is 1190. The maximum Gasteiger partial charge on any atom is 0.416 e. The molecule has 1 aliphatic rings. The van der Waals surface area contributed by atoms with Gasteiger partial charge in [-0.3, -0.25) is 0 Å². The predicted octanol–water partition coefficient (Wildman–Crippen LogP) is 6.93. The molecule has 4 rings (SSSR count). The first-order valence-electron chi connectivity index (χ1n) is 10.3. The Balaban J connectivity index is 1.81. The zero-order chi connectivity index (χ0) is 24.8. The number of benzene rings is 2. The summed E-state index contributed by atoms with van der Waals surface area (Å²) in [5.41, 5.74) is 1.37. The summed E-state index contributed by atoms with van der Waals surface area (Å²) >= 11 is 0. The Morgan fingerprint density at radius 1 is 1.03 bits per heavy atom. The van der Waals surface area contributed by atoms with E-state index in [0.717, 1.165) is 12.1 Å². The average molecular weight is 485 g/mol. The molecule has 0 saturated carbocycles. The average Bonchev–Trinajstić information content (AvgIpc) is 3.31. The second kappa shape index (κ2) is 8.44. The van der Waals surface area contributed by atoms with Gasteiger partial charge in [0.2, 0.25) is 0 Å². The van der Waals surface area contributed by atoms with Gasteiger partial charge in [-0.15, -0.1) is 0 Å². The van der Waals surface area contributed by atoms with Crippen LogP contribution in [0.25, 0.3) is 11.3 Å². The second-order valence-electron chi connectivity index (χ2n) is 7.97. The van der Waals surface area contributed by atoms with E-state index in [-0.39, 0.29) is 12.1 Å². The lowest BCUT2D eigenvalue weighted by molar-refractivity contribution is -0.137. The van der Waals surface area contributed by atoms with Gasteiger partial charge in [0.1, 0.15) is 11.9 Å². The zero-order valence-electron chi connectivity index (χ0n) is 18.5. The summed E-state index contributed by atoms with van der Waals surface area (Å²) in [5.74, 6) is 0.862. The number of aromatic nitrogens is 1. The van der Waals surface area contributed by atoms with Gasteiger partial charge < -0.3 is 19.0 Å². The minimum Gasteiger partial charge on any atom is -0.496 e. The molecule has 0 amide bonds. The van der Waals surface area contributed by atoms with Crippen LogP contribution in [0.5, 0.6) is 5.75 Å². The van der Waals surface area contributed by atoms with Crippen molar-refractivity contribution in [1.29, 1.82) is 0 Å². The standard InChI is InChI=1S/C23H21F6N3O2/c1-13-21(34-12-30-13)16-6-5-15(11-19(16)33-3)32-17-7-4-14(23(27,28)29)10-18(17)31(2)20(32)8-9-22(24,25)26/h4-7,10-12,20H,8-9H2,1-3H3. The van der Waals surface area contributed by atoms with E-state index in [2.05, 4.69) is 4.98 Å². The van der Waals surface area contributed by atoms with Crippen molar-refractivity contribution in [2.45, 2.75) is 38.3 Å². The van der Waals surface area contributed by atoms with Crippen LogP contribution in [0.3, 0.4) is 0 Å². The first-order chi connectivity index (χ1) is 15.9. The van der Waals surface area contributed by atoms with Crippen molar-refractivity contribution in [1.82, 2.24) is 4.98 Å². The molecule has 34 heavy (non-hydrogen) atoms. The maximum atomic E-state index is 13.3. The van der Waals surface area contributed by atoms with E-state index >= 15 is 0 Å². The highest BCUT2D eigenvalue weighted by molar-refractivity contribution is 5.85. The lowest BCUT2D eigenvalue weighted by atomic mass is 10.1. The second-order valence-corrected chi connectivity index (χ2v) is 7.97. The third kappa shape index (κ3) is 4.38.